The summed E-state index contributed by atoms with van der Waals surface area (Å²) in [6, 6.07) is 1.20. The average Bonchev–Trinajstić information content (AvgIpc) is 3.07. The van der Waals surface area contributed by atoms with Crippen molar-refractivity contribution in [3.8, 4) is 17.1 Å². The number of Topliss-reactive ketones (excluding diaryl/α,β-unsaturated/α-hetero) is 1. The summed E-state index contributed by atoms with van der Waals surface area (Å²) in [6.07, 6.45) is 3.47. The van der Waals surface area contributed by atoms with Crippen molar-refractivity contribution in [1.82, 2.24) is 30.1 Å². The summed E-state index contributed by atoms with van der Waals surface area (Å²) >= 11 is 0. The van der Waals surface area contributed by atoms with Crippen molar-refractivity contribution < 1.29 is 18.3 Å². The topological polar surface area (TPSA) is 167 Å². The fourth-order valence-electron chi connectivity index (χ4n) is 3.33. The minimum atomic E-state index is -3.20. The van der Waals surface area contributed by atoms with Gasteiger partial charge in [0.15, 0.2) is 5.78 Å². The number of hydrogen-bond donors (Lipinski definition) is 3. The van der Waals surface area contributed by atoms with E-state index in [1.165, 1.54) is 30.3 Å². The molecule has 0 aromatic carbocycles. The number of aromatic amines is 3. The van der Waals surface area contributed by atoms with Gasteiger partial charge in [-0.3, -0.25) is 19.4 Å². The van der Waals surface area contributed by atoms with Crippen LogP contribution in [0.5, 0.6) is 5.88 Å². The molecule has 3 aromatic heterocycles. The van der Waals surface area contributed by atoms with E-state index >= 15 is 0 Å². The highest BCUT2D eigenvalue weighted by Gasteiger charge is 2.49. The zero-order valence-electron chi connectivity index (χ0n) is 17.1. The first-order valence-electron chi connectivity index (χ1n) is 9.64. The number of ketones is 1. The number of H-pyrrole nitrogens is 3. The Labute approximate surface area is 182 Å². The molecule has 0 saturated carbocycles. The van der Waals surface area contributed by atoms with Crippen LogP contribution in [-0.4, -0.2) is 61.5 Å². The van der Waals surface area contributed by atoms with Crippen LogP contribution in [0.3, 0.4) is 0 Å². The zero-order valence-corrected chi connectivity index (χ0v) is 17.1. The maximum absolute atomic E-state index is 14.7. The van der Waals surface area contributed by atoms with Crippen LogP contribution >= 0.6 is 0 Å². The molecule has 3 N–H and O–H groups in total. The summed E-state index contributed by atoms with van der Waals surface area (Å²) in [5.74, 6) is -4.79. The number of nitrogens with zero attached hydrogens (tertiary/aromatic N) is 4. The van der Waals surface area contributed by atoms with Crippen LogP contribution < -0.4 is 26.4 Å². The first-order chi connectivity index (χ1) is 15.6. The molecule has 4 heterocycles. The summed E-state index contributed by atoms with van der Waals surface area (Å²) in [5, 5.41) is 5.95. The quantitative estimate of drug-likeness (QED) is 0.427. The normalized spacial score (nSPS) is 17.2. The summed E-state index contributed by atoms with van der Waals surface area (Å²) in [5.41, 5.74) is -2.25. The van der Waals surface area contributed by atoms with E-state index in [-0.39, 0.29) is 40.8 Å². The first-order valence-corrected chi connectivity index (χ1v) is 9.64. The Balaban J connectivity index is 1.53. The Bertz CT molecular complexity index is 1370. The molecule has 1 aliphatic rings. The number of carbonyl (C=O) groups excluding carboxylic acids is 1. The summed E-state index contributed by atoms with van der Waals surface area (Å²) in [6.45, 7) is -0.0737. The van der Waals surface area contributed by atoms with Crippen molar-refractivity contribution in [3.63, 3.8) is 0 Å². The van der Waals surface area contributed by atoms with E-state index in [1.807, 2.05) is 4.98 Å². The van der Waals surface area contributed by atoms with Crippen LogP contribution in [0.4, 0.5) is 14.5 Å². The van der Waals surface area contributed by atoms with E-state index < -0.39 is 41.8 Å². The van der Waals surface area contributed by atoms with E-state index in [9.17, 15) is 28.0 Å². The average molecular weight is 461 g/mol. The summed E-state index contributed by atoms with van der Waals surface area (Å²) < 4.78 is 34.6. The largest absolute Gasteiger partial charge is 0.476 e. The smallest absolute Gasteiger partial charge is 0.325 e. The lowest BCUT2D eigenvalue weighted by Gasteiger charge is -2.17. The third-order valence-corrected chi connectivity index (χ3v) is 5.08. The zero-order chi connectivity index (χ0) is 23.8. The third kappa shape index (κ3) is 4.53. The molecule has 172 valence electrons. The number of anilines is 1. The molecule has 3 aromatic rings. The van der Waals surface area contributed by atoms with Crippen LogP contribution in [0.1, 0.15) is 17.4 Å². The summed E-state index contributed by atoms with van der Waals surface area (Å²) in [4.78, 5) is 59.9. The van der Waals surface area contributed by atoms with E-state index in [0.717, 1.165) is 6.20 Å². The number of rotatable bonds is 6. The first kappa shape index (κ1) is 22.0. The fourth-order valence-corrected chi connectivity index (χ4v) is 3.33. The Morgan fingerprint density at radius 3 is 2.70 bits per heavy atom. The molecule has 33 heavy (non-hydrogen) atoms. The number of carbonyl (C=O) groups is 1. The molecule has 1 unspecified atom stereocenters. The van der Waals surface area contributed by atoms with Gasteiger partial charge in [-0.1, -0.05) is 0 Å². The Morgan fingerprint density at radius 2 is 2.03 bits per heavy atom. The highest BCUT2D eigenvalue weighted by Crippen LogP contribution is 2.35. The van der Waals surface area contributed by atoms with E-state index in [4.69, 9.17) is 4.74 Å². The second-order valence-electron chi connectivity index (χ2n) is 7.40. The molecule has 4 rings (SSSR count). The second-order valence-corrected chi connectivity index (χ2v) is 7.40. The van der Waals surface area contributed by atoms with Crippen LogP contribution in [0, 0.1) is 5.92 Å². The lowest BCUT2D eigenvalue weighted by molar-refractivity contribution is -0.0359. The molecule has 12 nitrogen and oxygen atoms in total. The monoisotopic (exact) mass is 461 g/mol. The minimum absolute atomic E-state index is 0.00838. The SMILES string of the molecule is CC(=O)c1cnc(OCC2CN(c3cc(-c4c[nH]c(=O)[nH]c4=O)n[nH]c3=O)CC2(F)F)cn1. The van der Waals surface area contributed by atoms with Crippen molar-refractivity contribution >= 4 is 11.5 Å². The van der Waals surface area contributed by atoms with E-state index in [0.29, 0.717) is 0 Å². The van der Waals surface area contributed by atoms with Gasteiger partial charge >= 0.3 is 5.69 Å². The molecule has 0 bridgehead atoms. The predicted molar refractivity (Wildman–Crippen MR) is 110 cm³/mol. The summed E-state index contributed by atoms with van der Waals surface area (Å²) in [7, 11) is 0. The second kappa shape index (κ2) is 8.37. The van der Waals surface area contributed by atoms with Crippen molar-refractivity contribution in [2.75, 3.05) is 24.6 Å². The highest BCUT2D eigenvalue weighted by atomic mass is 19.3. The van der Waals surface area contributed by atoms with Gasteiger partial charge in [0.25, 0.3) is 17.0 Å². The van der Waals surface area contributed by atoms with Crippen LogP contribution in [-0.2, 0) is 0 Å². The highest BCUT2D eigenvalue weighted by molar-refractivity contribution is 5.91. The standard InChI is InChI=1S/C19H17F2N7O5/c1-9(29)13-4-23-15(5-22-13)33-7-10-6-28(8-19(10,20)21)14-2-12(26-27-17(14)31)11-3-24-18(32)25-16(11)30/h2-5,10H,6-8H2,1H3,(H,27,31)(H2,24,25,30,32). The molecule has 1 atom stereocenters. The number of hydrogen-bond acceptors (Lipinski definition) is 9. The van der Waals surface area contributed by atoms with Crippen molar-refractivity contribution in [2.24, 2.45) is 5.92 Å². The van der Waals surface area contributed by atoms with Gasteiger partial charge in [-0.2, -0.15) is 5.10 Å². The number of ether oxygens (including phenoxy) is 1. The molecule has 1 aliphatic heterocycles. The lowest BCUT2D eigenvalue weighted by atomic mass is 10.1. The molecule has 1 saturated heterocycles. The lowest BCUT2D eigenvalue weighted by Crippen LogP contribution is -2.32. The fraction of sp³-hybridized carbons (Fsp3) is 0.316. The predicted octanol–water partition coefficient (Wildman–Crippen LogP) is -0.0434. The number of alkyl halides is 2. The Morgan fingerprint density at radius 1 is 1.24 bits per heavy atom. The van der Waals surface area contributed by atoms with Gasteiger partial charge < -0.3 is 14.6 Å². The molecule has 0 radical (unpaired) electrons. The molecular formula is C19H17F2N7O5. The van der Waals surface area contributed by atoms with Gasteiger partial charge in [-0.15, -0.1) is 0 Å². The molecule has 0 aliphatic carbocycles. The van der Waals surface area contributed by atoms with Gasteiger partial charge in [-0.05, 0) is 6.07 Å². The molecule has 0 amide bonds. The molecular weight excluding hydrogens is 444 g/mol. The van der Waals surface area contributed by atoms with Crippen molar-refractivity contribution in [3.05, 3.63) is 61.5 Å². The molecule has 14 heteroatoms. The van der Waals surface area contributed by atoms with Crippen molar-refractivity contribution in [1.29, 1.82) is 0 Å². The third-order valence-electron chi connectivity index (χ3n) is 5.08. The van der Waals surface area contributed by atoms with Crippen LogP contribution in [0.2, 0.25) is 0 Å². The Kier molecular flexibility index (Phi) is 5.57. The van der Waals surface area contributed by atoms with Gasteiger partial charge in [0, 0.05) is 19.7 Å². The molecule has 0 spiro atoms. The van der Waals surface area contributed by atoms with Crippen LogP contribution in [0.25, 0.3) is 11.3 Å². The molecule has 1 fully saturated rings. The van der Waals surface area contributed by atoms with Crippen molar-refractivity contribution in [2.45, 2.75) is 12.8 Å². The van der Waals surface area contributed by atoms with Gasteiger partial charge in [0.1, 0.15) is 18.0 Å². The number of halogens is 2. The van der Waals surface area contributed by atoms with E-state index in [2.05, 4.69) is 25.1 Å². The van der Waals surface area contributed by atoms with Gasteiger partial charge in [0.05, 0.1) is 36.1 Å². The van der Waals surface area contributed by atoms with Crippen LogP contribution in [0.15, 0.2) is 39.0 Å². The minimum Gasteiger partial charge on any atom is -0.476 e. The van der Waals surface area contributed by atoms with Gasteiger partial charge in [0.2, 0.25) is 5.88 Å². The number of aromatic nitrogens is 6. The van der Waals surface area contributed by atoms with E-state index in [1.54, 1.807) is 0 Å². The maximum Gasteiger partial charge on any atom is 0.325 e. The number of nitrogens with one attached hydrogen (secondary N) is 3. The van der Waals surface area contributed by atoms with Gasteiger partial charge in [-0.25, -0.2) is 28.6 Å². The Hall–Kier alpha value is -4.23. The maximum atomic E-state index is 14.7.